The van der Waals surface area contributed by atoms with Crippen LogP contribution in [-0.2, 0) is 0 Å². The summed E-state index contributed by atoms with van der Waals surface area (Å²) < 4.78 is 1.70. The van der Waals surface area contributed by atoms with Gasteiger partial charge in [0, 0.05) is 24.5 Å². The number of amides is 1. The van der Waals surface area contributed by atoms with Crippen LogP contribution in [0.3, 0.4) is 0 Å². The molecule has 1 amide bonds. The Morgan fingerprint density at radius 1 is 1.23 bits per heavy atom. The van der Waals surface area contributed by atoms with Crippen LogP contribution in [0.2, 0.25) is 0 Å². The van der Waals surface area contributed by atoms with E-state index in [9.17, 15) is 4.79 Å². The van der Waals surface area contributed by atoms with Crippen LogP contribution in [0.15, 0.2) is 48.8 Å². The van der Waals surface area contributed by atoms with Gasteiger partial charge in [-0.25, -0.2) is 9.50 Å². The highest BCUT2D eigenvalue weighted by Crippen LogP contribution is 2.32. The molecule has 1 saturated carbocycles. The lowest BCUT2D eigenvalue weighted by Gasteiger charge is -2.34. The number of nitrogens with zero attached hydrogens (tertiary/aromatic N) is 4. The third-order valence-corrected chi connectivity index (χ3v) is 5.31. The minimum absolute atomic E-state index is 0.00333. The van der Waals surface area contributed by atoms with Gasteiger partial charge in [0.1, 0.15) is 0 Å². The maximum atomic E-state index is 13.4. The molecule has 1 fully saturated rings. The smallest absolute Gasteiger partial charge is 0.275 e. The lowest BCUT2D eigenvalue weighted by Crippen LogP contribution is -2.41. The van der Waals surface area contributed by atoms with E-state index in [2.05, 4.69) is 29.1 Å². The van der Waals surface area contributed by atoms with Gasteiger partial charge in [-0.05, 0) is 37.8 Å². The van der Waals surface area contributed by atoms with Crippen LogP contribution >= 0.6 is 0 Å². The van der Waals surface area contributed by atoms with Crippen molar-refractivity contribution in [3.63, 3.8) is 0 Å². The highest BCUT2D eigenvalue weighted by Gasteiger charge is 2.33. The molecule has 5 nitrogen and oxygen atoms in total. The monoisotopic (exact) mass is 348 g/mol. The number of rotatable bonds is 4. The fourth-order valence-electron chi connectivity index (χ4n) is 3.94. The van der Waals surface area contributed by atoms with Gasteiger partial charge < -0.3 is 4.90 Å². The Bertz CT molecular complexity index is 912. The fourth-order valence-corrected chi connectivity index (χ4v) is 3.94. The molecular formula is C21H24N4O. The van der Waals surface area contributed by atoms with Crippen molar-refractivity contribution in [2.45, 2.75) is 51.6 Å². The highest BCUT2D eigenvalue weighted by atomic mass is 16.2. The molecule has 0 spiro atoms. The zero-order chi connectivity index (χ0) is 18.1. The SMILES string of the molecule is Cc1cnc2cc(C(=O)N(C3CCCC3)C(C)c3ccccc3)nn2c1. The first-order chi connectivity index (χ1) is 12.6. The second kappa shape index (κ2) is 6.90. The summed E-state index contributed by atoms with van der Waals surface area (Å²) in [5.74, 6) is -0.00333. The van der Waals surface area contributed by atoms with Crippen LogP contribution in [0.25, 0.3) is 5.65 Å². The molecule has 1 aliphatic rings. The van der Waals surface area contributed by atoms with Crippen molar-refractivity contribution in [3.05, 3.63) is 65.6 Å². The van der Waals surface area contributed by atoms with E-state index in [1.54, 1.807) is 16.8 Å². The molecule has 0 radical (unpaired) electrons. The molecule has 0 bridgehead atoms. The summed E-state index contributed by atoms with van der Waals surface area (Å²) in [6.07, 6.45) is 8.19. The lowest BCUT2D eigenvalue weighted by atomic mass is 10.0. The Labute approximate surface area is 153 Å². The average molecular weight is 348 g/mol. The fraction of sp³-hybridized carbons (Fsp3) is 0.381. The van der Waals surface area contributed by atoms with Crippen molar-refractivity contribution in [1.82, 2.24) is 19.5 Å². The molecule has 1 atom stereocenters. The lowest BCUT2D eigenvalue weighted by molar-refractivity contribution is 0.0586. The Balaban J connectivity index is 1.71. The van der Waals surface area contributed by atoms with E-state index in [1.165, 1.54) is 12.8 Å². The quantitative estimate of drug-likeness (QED) is 0.710. The number of benzene rings is 1. The number of hydrogen-bond donors (Lipinski definition) is 0. The van der Waals surface area contributed by atoms with Crippen LogP contribution < -0.4 is 0 Å². The predicted octanol–water partition coefficient (Wildman–Crippen LogP) is 4.18. The Hall–Kier alpha value is -2.69. The molecule has 134 valence electrons. The van der Waals surface area contributed by atoms with Gasteiger partial charge >= 0.3 is 0 Å². The van der Waals surface area contributed by atoms with Crippen molar-refractivity contribution >= 4 is 11.6 Å². The van der Waals surface area contributed by atoms with E-state index in [4.69, 9.17) is 0 Å². The van der Waals surface area contributed by atoms with Crippen LogP contribution in [0.5, 0.6) is 0 Å². The number of hydrogen-bond acceptors (Lipinski definition) is 3. The van der Waals surface area contributed by atoms with Crippen molar-refractivity contribution in [2.75, 3.05) is 0 Å². The number of carbonyl (C=O) groups is 1. The highest BCUT2D eigenvalue weighted by molar-refractivity contribution is 5.94. The molecule has 1 aliphatic carbocycles. The molecule has 0 N–H and O–H groups in total. The van der Waals surface area contributed by atoms with Gasteiger partial charge in [-0.2, -0.15) is 5.10 Å². The molecule has 1 aromatic carbocycles. The molecule has 5 heteroatoms. The summed E-state index contributed by atoms with van der Waals surface area (Å²) in [6.45, 7) is 4.08. The second-order valence-electron chi connectivity index (χ2n) is 7.20. The third kappa shape index (κ3) is 3.09. The summed E-state index contributed by atoms with van der Waals surface area (Å²) >= 11 is 0. The number of carbonyl (C=O) groups excluding carboxylic acids is 1. The van der Waals surface area contributed by atoms with Gasteiger partial charge in [0.05, 0.1) is 6.04 Å². The first-order valence-electron chi connectivity index (χ1n) is 9.33. The minimum atomic E-state index is -0.00333. The molecule has 3 aromatic rings. The molecule has 4 rings (SSSR count). The summed E-state index contributed by atoms with van der Waals surface area (Å²) in [5.41, 5.74) is 3.35. The maximum Gasteiger partial charge on any atom is 0.275 e. The molecule has 2 aromatic heterocycles. The topological polar surface area (TPSA) is 50.5 Å². The van der Waals surface area contributed by atoms with E-state index in [0.717, 1.165) is 24.0 Å². The summed E-state index contributed by atoms with van der Waals surface area (Å²) in [4.78, 5) is 19.8. The normalized spacial score (nSPS) is 16.1. The summed E-state index contributed by atoms with van der Waals surface area (Å²) in [5, 5.41) is 4.50. The van der Waals surface area contributed by atoms with Crippen molar-refractivity contribution in [2.24, 2.45) is 0 Å². The Kier molecular flexibility index (Phi) is 4.45. The average Bonchev–Trinajstić information content (AvgIpc) is 3.32. The van der Waals surface area contributed by atoms with Gasteiger partial charge in [-0.15, -0.1) is 0 Å². The van der Waals surface area contributed by atoms with Gasteiger partial charge in [0.15, 0.2) is 11.3 Å². The first-order valence-corrected chi connectivity index (χ1v) is 9.33. The molecule has 0 aliphatic heterocycles. The van der Waals surface area contributed by atoms with Gasteiger partial charge in [0.2, 0.25) is 0 Å². The molecule has 1 unspecified atom stereocenters. The number of aromatic nitrogens is 3. The van der Waals surface area contributed by atoms with E-state index in [-0.39, 0.29) is 18.0 Å². The van der Waals surface area contributed by atoms with E-state index < -0.39 is 0 Å². The standard InChI is InChI=1S/C21H24N4O/c1-15-13-22-20-12-19(23-24(20)14-15)21(26)25(18-10-6-7-11-18)16(2)17-8-4-3-5-9-17/h3-5,8-9,12-14,16,18H,6-7,10-11H2,1-2H3. The number of fused-ring (bicyclic) bond motifs is 1. The molecular weight excluding hydrogens is 324 g/mol. The van der Waals surface area contributed by atoms with E-state index in [1.807, 2.05) is 36.2 Å². The largest absolute Gasteiger partial charge is 0.328 e. The maximum absolute atomic E-state index is 13.4. The first kappa shape index (κ1) is 16.8. The van der Waals surface area contributed by atoms with Gasteiger partial charge in [-0.1, -0.05) is 43.2 Å². The van der Waals surface area contributed by atoms with Crippen LogP contribution in [0.1, 0.15) is 60.3 Å². The van der Waals surface area contributed by atoms with E-state index in [0.29, 0.717) is 11.3 Å². The van der Waals surface area contributed by atoms with Crippen molar-refractivity contribution in [1.29, 1.82) is 0 Å². The third-order valence-electron chi connectivity index (χ3n) is 5.31. The summed E-state index contributed by atoms with van der Waals surface area (Å²) in [6, 6.07) is 12.3. The number of aryl methyl sites for hydroxylation is 1. The molecule has 26 heavy (non-hydrogen) atoms. The Morgan fingerprint density at radius 3 is 2.69 bits per heavy atom. The molecule has 2 heterocycles. The zero-order valence-electron chi connectivity index (χ0n) is 15.3. The van der Waals surface area contributed by atoms with Gasteiger partial charge in [-0.3, -0.25) is 4.79 Å². The van der Waals surface area contributed by atoms with Crippen LogP contribution in [0.4, 0.5) is 0 Å². The zero-order valence-corrected chi connectivity index (χ0v) is 15.3. The molecule has 0 saturated heterocycles. The second-order valence-corrected chi connectivity index (χ2v) is 7.20. The minimum Gasteiger partial charge on any atom is -0.328 e. The van der Waals surface area contributed by atoms with Crippen molar-refractivity contribution in [3.8, 4) is 0 Å². The van der Waals surface area contributed by atoms with Crippen LogP contribution in [-0.4, -0.2) is 31.4 Å². The Morgan fingerprint density at radius 2 is 1.96 bits per heavy atom. The summed E-state index contributed by atoms with van der Waals surface area (Å²) in [7, 11) is 0. The predicted molar refractivity (Wildman–Crippen MR) is 101 cm³/mol. The van der Waals surface area contributed by atoms with Gasteiger partial charge in [0.25, 0.3) is 5.91 Å². The van der Waals surface area contributed by atoms with Crippen molar-refractivity contribution < 1.29 is 4.79 Å². The van der Waals surface area contributed by atoms with E-state index >= 15 is 0 Å². The van der Waals surface area contributed by atoms with Crippen LogP contribution in [0, 0.1) is 6.92 Å².